The Morgan fingerprint density at radius 2 is 1.68 bits per heavy atom. The number of amides is 1. The Morgan fingerprint density at radius 1 is 0.960 bits per heavy atom. The van der Waals surface area contributed by atoms with Crippen LogP contribution in [0.5, 0.6) is 5.75 Å². The lowest BCUT2D eigenvalue weighted by Crippen LogP contribution is -2.22. The molecule has 0 saturated heterocycles. The normalized spacial score (nSPS) is 10.2. The Hall–Kier alpha value is -3.27. The number of para-hydroxylation sites is 2. The summed E-state index contributed by atoms with van der Waals surface area (Å²) >= 11 is 0. The first-order valence-corrected chi connectivity index (χ1v) is 8.12. The van der Waals surface area contributed by atoms with Gasteiger partial charge in [-0.05, 0) is 23.6 Å². The maximum atomic E-state index is 12.3. The monoisotopic (exact) mass is 332 g/mol. The fraction of sp³-hybridized carbons (Fsp3) is 0.0952. The quantitative estimate of drug-likeness (QED) is 0.628. The van der Waals surface area contributed by atoms with Crippen LogP contribution < -0.4 is 15.4 Å². The van der Waals surface area contributed by atoms with Gasteiger partial charge in [-0.1, -0.05) is 61.2 Å². The molecule has 0 aliphatic heterocycles. The number of rotatable bonds is 7. The fourth-order valence-corrected chi connectivity index (χ4v) is 2.59. The van der Waals surface area contributed by atoms with Gasteiger partial charge in [0.25, 0.3) is 0 Å². The highest BCUT2D eigenvalue weighted by Gasteiger charge is 2.08. The minimum atomic E-state index is -0.136. The number of nitrogens with one attached hydrogen (secondary N) is 2. The highest BCUT2D eigenvalue weighted by Crippen LogP contribution is 2.24. The summed E-state index contributed by atoms with van der Waals surface area (Å²) in [4.78, 5) is 12.3. The highest BCUT2D eigenvalue weighted by atomic mass is 16.5. The second-order valence-electron chi connectivity index (χ2n) is 5.52. The van der Waals surface area contributed by atoms with E-state index in [0.717, 1.165) is 16.5 Å². The first-order valence-electron chi connectivity index (χ1n) is 8.12. The molecule has 126 valence electrons. The number of hydrogen-bond donors (Lipinski definition) is 2. The molecule has 0 heterocycles. The van der Waals surface area contributed by atoms with Gasteiger partial charge < -0.3 is 15.4 Å². The van der Waals surface area contributed by atoms with Gasteiger partial charge in [-0.3, -0.25) is 4.79 Å². The minimum Gasteiger partial charge on any atom is -0.487 e. The van der Waals surface area contributed by atoms with Crippen molar-refractivity contribution in [2.24, 2.45) is 0 Å². The number of carbonyl (C=O) groups excluding carboxylic acids is 1. The van der Waals surface area contributed by atoms with Crippen molar-refractivity contribution in [3.63, 3.8) is 0 Å². The van der Waals surface area contributed by atoms with Crippen LogP contribution in [-0.2, 0) is 4.79 Å². The molecule has 2 N–H and O–H groups in total. The van der Waals surface area contributed by atoms with Crippen molar-refractivity contribution >= 4 is 28.1 Å². The number of anilines is 2. The average Bonchev–Trinajstić information content (AvgIpc) is 2.65. The topological polar surface area (TPSA) is 50.4 Å². The van der Waals surface area contributed by atoms with Gasteiger partial charge in [-0.2, -0.15) is 0 Å². The summed E-state index contributed by atoms with van der Waals surface area (Å²) in [6.07, 6.45) is 1.67. The Bertz CT molecular complexity index is 884. The maximum Gasteiger partial charge on any atom is 0.243 e. The van der Waals surface area contributed by atoms with Gasteiger partial charge in [0.2, 0.25) is 5.91 Å². The molecule has 25 heavy (non-hydrogen) atoms. The Morgan fingerprint density at radius 3 is 2.56 bits per heavy atom. The van der Waals surface area contributed by atoms with Crippen LogP contribution in [0.3, 0.4) is 0 Å². The molecule has 0 radical (unpaired) electrons. The van der Waals surface area contributed by atoms with Crippen LogP contribution in [0.4, 0.5) is 11.4 Å². The van der Waals surface area contributed by atoms with E-state index >= 15 is 0 Å². The van der Waals surface area contributed by atoms with E-state index in [1.165, 1.54) is 0 Å². The van der Waals surface area contributed by atoms with E-state index in [0.29, 0.717) is 18.0 Å². The third-order valence-electron chi connectivity index (χ3n) is 3.75. The van der Waals surface area contributed by atoms with Gasteiger partial charge in [0, 0.05) is 11.1 Å². The first kappa shape index (κ1) is 16.6. The predicted molar refractivity (Wildman–Crippen MR) is 103 cm³/mol. The number of benzene rings is 3. The molecule has 3 rings (SSSR count). The minimum absolute atomic E-state index is 0.136. The van der Waals surface area contributed by atoms with Gasteiger partial charge >= 0.3 is 0 Å². The molecular formula is C21H20N2O2. The molecule has 0 bridgehead atoms. The molecule has 3 aromatic rings. The second-order valence-corrected chi connectivity index (χ2v) is 5.52. The molecule has 1 amide bonds. The molecule has 0 unspecified atom stereocenters. The van der Waals surface area contributed by atoms with Gasteiger partial charge in [0.15, 0.2) is 0 Å². The second kappa shape index (κ2) is 8.02. The number of ether oxygens (including phenoxy) is 1. The van der Waals surface area contributed by atoms with E-state index in [2.05, 4.69) is 17.2 Å². The van der Waals surface area contributed by atoms with Crippen molar-refractivity contribution in [3.8, 4) is 5.75 Å². The summed E-state index contributed by atoms with van der Waals surface area (Å²) in [7, 11) is 0. The standard InChI is InChI=1S/C21H20N2O2/c1-2-14-25-20-13-6-5-11-19(20)23-21(24)15-22-18-12-7-9-16-8-3-4-10-17(16)18/h2-13,22H,1,14-15H2,(H,23,24). The lowest BCUT2D eigenvalue weighted by atomic mass is 10.1. The zero-order chi connectivity index (χ0) is 17.5. The van der Waals surface area contributed by atoms with E-state index in [4.69, 9.17) is 4.74 Å². The molecule has 0 fully saturated rings. The summed E-state index contributed by atoms with van der Waals surface area (Å²) < 4.78 is 5.55. The molecule has 0 saturated carbocycles. The number of fused-ring (bicyclic) bond motifs is 1. The van der Waals surface area contributed by atoms with Crippen molar-refractivity contribution in [2.75, 3.05) is 23.8 Å². The molecule has 4 heteroatoms. The predicted octanol–water partition coefficient (Wildman–Crippen LogP) is 4.46. The van der Waals surface area contributed by atoms with Gasteiger partial charge in [0.05, 0.1) is 12.2 Å². The molecular weight excluding hydrogens is 312 g/mol. The Balaban J connectivity index is 1.66. The van der Waals surface area contributed by atoms with Crippen LogP contribution in [0, 0.1) is 0 Å². The van der Waals surface area contributed by atoms with E-state index in [-0.39, 0.29) is 12.5 Å². The zero-order valence-electron chi connectivity index (χ0n) is 13.9. The molecule has 4 nitrogen and oxygen atoms in total. The summed E-state index contributed by atoms with van der Waals surface area (Å²) in [6.45, 7) is 4.19. The third-order valence-corrected chi connectivity index (χ3v) is 3.75. The van der Waals surface area contributed by atoms with Gasteiger partial charge in [-0.25, -0.2) is 0 Å². The van der Waals surface area contributed by atoms with Crippen LogP contribution in [-0.4, -0.2) is 19.1 Å². The van der Waals surface area contributed by atoms with E-state index in [1.807, 2.05) is 66.7 Å². The van der Waals surface area contributed by atoms with Crippen LogP contribution in [0.25, 0.3) is 10.8 Å². The van der Waals surface area contributed by atoms with Crippen LogP contribution >= 0.6 is 0 Å². The van der Waals surface area contributed by atoms with Crippen molar-refractivity contribution in [3.05, 3.63) is 79.4 Å². The maximum absolute atomic E-state index is 12.3. The first-order chi connectivity index (χ1) is 12.3. The van der Waals surface area contributed by atoms with E-state index in [1.54, 1.807) is 6.08 Å². The average molecular weight is 332 g/mol. The zero-order valence-corrected chi connectivity index (χ0v) is 13.9. The third kappa shape index (κ3) is 4.18. The van der Waals surface area contributed by atoms with Crippen molar-refractivity contribution in [1.82, 2.24) is 0 Å². The molecule has 0 aromatic heterocycles. The van der Waals surface area contributed by atoms with Crippen molar-refractivity contribution in [1.29, 1.82) is 0 Å². The van der Waals surface area contributed by atoms with E-state index < -0.39 is 0 Å². The highest BCUT2D eigenvalue weighted by molar-refractivity contribution is 5.98. The number of carbonyl (C=O) groups is 1. The molecule has 0 aliphatic carbocycles. The molecule has 0 aliphatic rings. The summed E-state index contributed by atoms with van der Waals surface area (Å²) in [5, 5.41) is 8.30. The summed E-state index contributed by atoms with van der Waals surface area (Å²) in [6, 6.07) is 21.4. The molecule has 3 aromatic carbocycles. The van der Waals surface area contributed by atoms with E-state index in [9.17, 15) is 4.79 Å². The fourth-order valence-electron chi connectivity index (χ4n) is 2.59. The van der Waals surface area contributed by atoms with Crippen LogP contribution in [0.2, 0.25) is 0 Å². The Labute approximate surface area is 147 Å². The lowest BCUT2D eigenvalue weighted by Gasteiger charge is -2.13. The molecule has 0 atom stereocenters. The van der Waals surface area contributed by atoms with Gasteiger partial charge in [-0.15, -0.1) is 0 Å². The number of hydrogen-bond acceptors (Lipinski definition) is 3. The SMILES string of the molecule is C=CCOc1ccccc1NC(=O)CNc1cccc2ccccc12. The smallest absolute Gasteiger partial charge is 0.243 e. The Kier molecular flexibility index (Phi) is 5.32. The van der Waals surface area contributed by atoms with Crippen molar-refractivity contribution < 1.29 is 9.53 Å². The summed E-state index contributed by atoms with van der Waals surface area (Å²) in [5.41, 5.74) is 1.58. The largest absolute Gasteiger partial charge is 0.487 e. The van der Waals surface area contributed by atoms with Crippen LogP contribution in [0.1, 0.15) is 0 Å². The van der Waals surface area contributed by atoms with Gasteiger partial charge in [0.1, 0.15) is 12.4 Å². The van der Waals surface area contributed by atoms with Crippen molar-refractivity contribution in [2.45, 2.75) is 0 Å². The summed E-state index contributed by atoms with van der Waals surface area (Å²) in [5.74, 6) is 0.489. The lowest BCUT2D eigenvalue weighted by molar-refractivity contribution is -0.114. The molecule has 0 spiro atoms. The van der Waals surface area contributed by atoms with Crippen LogP contribution in [0.15, 0.2) is 79.4 Å².